The molecule has 0 aromatic heterocycles. The Bertz CT molecular complexity index is 1060. The number of carbonyl (C=O) groups is 3. The van der Waals surface area contributed by atoms with Crippen LogP contribution in [-0.2, 0) is 14.4 Å². The third-order valence-electron chi connectivity index (χ3n) is 5.52. The number of carbonyl (C=O) groups excluding carboxylic acids is 3. The van der Waals surface area contributed by atoms with Gasteiger partial charge in [0.15, 0.2) is 11.5 Å². The van der Waals surface area contributed by atoms with Gasteiger partial charge in [-0.2, -0.15) is 0 Å². The van der Waals surface area contributed by atoms with Crippen LogP contribution in [0, 0.1) is 11.7 Å². The predicted molar refractivity (Wildman–Crippen MR) is 112 cm³/mol. The summed E-state index contributed by atoms with van der Waals surface area (Å²) >= 11 is 0. The summed E-state index contributed by atoms with van der Waals surface area (Å²) in [5.74, 6) is -1.27. The number of anilines is 1. The van der Waals surface area contributed by atoms with Gasteiger partial charge < -0.3 is 15.4 Å². The maximum atomic E-state index is 13.5. The van der Waals surface area contributed by atoms with Gasteiger partial charge in [-0.15, -0.1) is 0 Å². The fraction of sp³-hybridized carbons (Fsp3) is 0.261. The van der Waals surface area contributed by atoms with Gasteiger partial charge in [0.05, 0.1) is 5.69 Å². The molecule has 31 heavy (non-hydrogen) atoms. The van der Waals surface area contributed by atoms with E-state index >= 15 is 0 Å². The second-order valence-corrected chi connectivity index (χ2v) is 7.58. The van der Waals surface area contributed by atoms with Crippen LogP contribution < -0.4 is 15.4 Å². The lowest BCUT2D eigenvalue weighted by Crippen LogP contribution is -2.48. The van der Waals surface area contributed by atoms with Crippen LogP contribution in [0.15, 0.2) is 54.3 Å². The van der Waals surface area contributed by atoms with Crippen LogP contribution in [0.4, 0.5) is 10.1 Å². The molecule has 8 heteroatoms. The lowest BCUT2D eigenvalue weighted by Gasteiger charge is -2.34. The lowest BCUT2D eigenvalue weighted by atomic mass is 9.96. The summed E-state index contributed by atoms with van der Waals surface area (Å²) in [4.78, 5) is 40.4. The third kappa shape index (κ3) is 4.42. The van der Waals surface area contributed by atoms with Crippen molar-refractivity contribution < 1.29 is 23.5 Å². The van der Waals surface area contributed by atoms with Gasteiger partial charge in [-0.05, 0) is 48.7 Å². The fourth-order valence-electron chi connectivity index (χ4n) is 3.82. The molecule has 7 nitrogen and oxygen atoms in total. The first kappa shape index (κ1) is 20.6. The number of nitrogens with two attached hydrogens (primary N) is 1. The molecule has 1 saturated heterocycles. The molecule has 0 bridgehead atoms. The number of piperidine rings is 1. The maximum Gasteiger partial charge on any atom is 0.294 e. The van der Waals surface area contributed by atoms with Crippen molar-refractivity contribution >= 4 is 29.5 Å². The third-order valence-corrected chi connectivity index (χ3v) is 5.52. The number of primary amides is 1. The van der Waals surface area contributed by atoms with Gasteiger partial charge in [-0.25, -0.2) is 4.39 Å². The normalized spacial score (nSPS) is 18.0. The van der Waals surface area contributed by atoms with Crippen molar-refractivity contribution in [2.75, 3.05) is 24.5 Å². The number of fused-ring (bicyclic) bond motifs is 1. The summed E-state index contributed by atoms with van der Waals surface area (Å²) in [6, 6.07) is 12.7. The first-order valence-electron chi connectivity index (χ1n) is 10.1. The summed E-state index contributed by atoms with van der Waals surface area (Å²) in [7, 11) is 0. The van der Waals surface area contributed by atoms with Crippen LogP contribution in [0.1, 0.15) is 18.4 Å². The number of benzene rings is 2. The van der Waals surface area contributed by atoms with Gasteiger partial charge >= 0.3 is 0 Å². The Kier molecular flexibility index (Phi) is 5.70. The smallest absolute Gasteiger partial charge is 0.294 e. The average Bonchev–Trinajstić information content (AvgIpc) is 2.76. The van der Waals surface area contributed by atoms with E-state index in [9.17, 15) is 18.8 Å². The predicted octanol–water partition coefficient (Wildman–Crippen LogP) is 2.32. The summed E-state index contributed by atoms with van der Waals surface area (Å²) in [5, 5.41) is 0. The number of para-hydroxylation sites is 2. The minimum Gasteiger partial charge on any atom is -0.449 e. The molecule has 0 aliphatic carbocycles. The van der Waals surface area contributed by atoms with Crippen molar-refractivity contribution in [2.24, 2.45) is 11.7 Å². The molecule has 160 valence electrons. The molecule has 2 N–H and O–H groups in total. The minimum atomic E-state index is -0.483. The van der Waals surface area contributed by atoms with Crippen LogP contribution in [0.5, 0.6) is 5.75 Å². The fourth-order valence-corrected chi connectivity index (χ4v) is 3.82. The summed E-state index contributed by atoms with van der Waals surface area (Å²) < 4.78 is 19.3. The molecule has 1 fully saturated rings. The topological polar surface area (TPSA) is 92.9 Å². The second-order valence-electron chi connectivity index (χ2n) is 7.58. The molecule has 2 aromatic carbocycles. The lowest BCUT2D eigenvalue weighted by molar-refractivity contribution is -0.134. The van der Waals surface area contributed by atoms with Crippen LogP contribution in [0.25, 0.3) is 6.08 Å². The van der Waals surface area contributed by atoms with Crippen LogP contribution >= 0.6 is 0 Å². The highest BCUT2D eigenvalue weighted by molar-refractivity contribution is 6.12. The van der Waals surface area contributed by atoms with Gasteiger partial charge in [0.2, 0.25) is 11.8 Å². The molecule has 0 radical (unpaired) electrons. The number of nitrogens with zero attached hydrogens (tertiary/aromatic N) is 2. The zero-order valence-corrected chi connectivity index (χ0v) is 16.8. The molecule has 2 heterocycles. The van der Waals surface area contributed by atoms with Gasteiger partial charge in [0.1, 0.15) is 12.4 Å². The van der Waals surface area contributed by atoms with E-state index in [4.69, 9.17) is 10.5 Å². The van der Waals surface area contributed by atoms with E-state index in [1.54, 1.807) is 41.3 Å². The van der Waals surface area contributed by atoms with E-state index < -0.39 is 11.7 Å². The standard InChI is InChI=1S/C23H22FN3O4/c24-17-5-3-4-15(12-17)13-20-23(30)27(18-6-1-2-7-19(18)31-20)14-21(28)26-10-8-16(9-11-26)22(25)29/h1-7,12-13,16H,8-11,14H2,(H2,25,29). The quantitative estimate of drug-likeness (QED) is 0.764. The molecule has 0 unspecified atom stereocenters. The van der Waals surface area contributed by atoms with E-state index in [0.29, 0.717) is 42.9 Å². The van der Waals surface area contributed by atoms with Crippen LogP contribution in [0.3, 0.4) is 0 Å². The Morgan fingerprint density at radius 2 is 1.87 bits per heavy atom. The molecule has 0 saturated carbocycles. The number of hydrogen-bond acceptors (Lipinski definition) is 4. The van der Waals surface area contributed by atoms with Crippen molar-refractivity contribution in [3.63, 3.8) is 0 Å². The zero-order chi connectivity index (χ0) is 22.0. The van der Waals surface area contributed by atoms with Gasteiger partial charge in [0, 0.05) is 19.0 Å². The van der Waals surface area contributed by atoms with Crippen molar-refractivity contribution in [2.45, 2.75) is 12.8 Å². The van der Waals surface area contributed by atoms with E-state index in [1.165, 1.54) is 23.1 Å². The number of likely N-dealkylation sites (tertiary alicyclic amines) is 1. The average molecular weight is 423 g/mol. The minimum absolute atomic E-state index is 0.00420. The Hall–Kier alpha value is -3.68. The molecule has 0 atom stereocenters. The Balaban J connectivity index is 1.56. The Morgan fingerprint density at radius 3 is 2.58 bits per heavy atom. The molecule has 4 rings (SSSR count). The number of hydrogen-bond donors (Lipinski definition) is 1. The highest BCUT2D eigenvalue weighted by Crippen LogP contribution is 2.35. The second kappa shape index (κ2) is 8.59. The van der Waals surface area contributed by atoms with Crippen LogP contribution in [0.2, 0.25) is 0 Å². The number of rotatable bonds is 4. The monoisotopic (exact) mass is 423 g/mol. The van der Waals surface area contributed by atoms with Gasteiger partial charge in [0.25, 0.3) is 5.91 Å². The van der Waals surface area contributed by atoms with Crippen molar-refractivity contribution in [1.82, 2.24) is 4.90 Å². The molecular weight excluding hydrogens is 401 g/mol. The zero-order valence-electron chi connectivity index (χ0n) is 16.8. The highest BCUT2D eigenvalue weighted by Gasteiger charge is 2.34. The first-order chi connectivity index (χ1) is 14.9. The summed E-state index contributed by atoms with van der Waals surface area (Å²) in [5.41, 5.74) is 6.32. The molecule has 2 aliphatic rings. The summed E-state index contributed by atoms with van der Waals surface area (Å²) in [6.45, 7) is 0.665. The maximum absolute atomic E-state index is 13.5. The van der Waals surface area contributed by atoms with Crippen LogP contribution in [-0.4, -0.2) is 42.3 Å². The number of halogens is 1. The SMILES string of the molecule is NC(=O)C1CCN(C(=O)CN2C(=O)C(=Cc3cccc(F)c3)Oc3ccccc32)CC1. The highest BCUT2D eigenvalue weighted by atomic mass is 19.1. The Labute approximate surface area is 178 Å². The molecule has 2 aliphatic heterocycles. The largest absolute Gasteiger partial charge is 0.449 e. The first-order valence-corrected chi connectivity index (χ1v) is 10.1. The molecule has 2 aromatic rings. The van der Waals surface area contributed by atoms with E-state index in [-0.39, 0.29) is 30.0 Å². The molecule has 3 amide bonds. The Morgan fingerprint density at radius 1 is 1.13 bits per heavy atom. The molecular formula is C23H22FN3O4. The van der Waals surface area contributed by atoms with Gasteiger partial charge in [-0.1, -0.05) is 24.3 Å². The number of amides is 3. The van der Waals surface area contributed by atoms with Crippen molar-refractivity contribution in [1.29, 1.82) is 0 Å². The van der Waals surface area contributed by atoms with E-state index in [2.05, 4.69) is 0 Å². The van der Waals surface area contributed by atoms with Crippen molar-refractivity contribution in [3.05, 3.63) is 65.7 Å². The summed E-state index contributed by atoms with van der Waals surface area (Å²) in [6.07, 6.45) is 2.48. The van der Waals surface area contributed by atoms with Gasteiger partial charge in [-0.3, -0.25) is 19.3 Å². The van der Waals surface area contributed by atoms with Crippen molar-refractivity contribution in [3.8, 4) is 5.75 Å². The molecule has 0 spiro atoms. The van der Waals surface area contributed by atoms with E-state index in [0.717, 1.165) is 0 Å². The number of ether oxygens (including phenoxy) is 1. The van der Waals surface area contributed by atoms with E-state index in [1.807, 2.05) is 0 Å².